The first-order valence-corrected chi connectivity index (χ1v) is 7.37. The lowest BCUT2D eigenvalue weighted by molar-refractivity contribution is -0.111. The van der Waals surface area contributed by atoms with Gasteiger partial charge in [-0.25, -0.2) is 8.78 Å². The maximum atomic E-state index is 14.1. The molecule has 114 valence electrons. The molecule has 2 nitrogen and oxygen atoms in total. The third-order valence-electron chi connectivity index (χ3n) is 4.23. The van der Waals surface area contributed by atoms with Crippen LogP contribution in [0, 0.1) is 17.6 Å². The maximum absolute atomic E-state index is 14.1. The van der Waals surface area contributed by atoms with Gasteiger partial charge in [-0.1, -0.05) is 36.4 Å². The van der Waals surface area contributed by atoms with Gasteiger partial charge >= 0.3 is 0 Å². The molecule has 1 aliphatic heterocycles. The molecule has 1 heterocycles. The van der Waals surface area contributed by atoms with E-state index in [2.05, 4.69) is 4.90 Å². The van der Waals surface area contributed by atoms with Crippen molar-refractivity contribution in [1.29, 1.82) is 0 Å². The molecule has 0 saturated carbocycles. The fourth-order valence-electron chi connectivity index (χ4n) is 3.19. The van der Waals surface area contributed by atoms with Crippen LogP contribution in [0.2, 0.25) is 0 Å². The minimum Gasteiger partial charge on any atom is -0.303 e. The van der Waals surface area contributed by atoms with Crippen LogP contribution in [0.1, 0.15) is 23.6 Å². The Balaban J connectivity index is 1.91. The van der Waals surface area contributed by atoms with Gasteiger partial charge < -0.3 is 4.79 Å². The zero-order chi connectivity index (χ0) is 15.5. The van der Waals surface area contributed by atoms with Crippen LogP contribution in [0.4, 0.5) is 8.78 Å². The van der Waals surface area contributed by atoms with E-state index in [0.29, 0.717) is 18.5 Å². The normalized spacial score (nSPS) is 21.9. The Labute approximate surface area is 128 Å². The average molecular weight is 301 g/mol. The number of hydrogen-bond donors (Lipinski definition) is 0. The predicted octanol–water partition coefficient (Wildman–Crippen LogP) is 3.73. The molecule has 2 atom stereocenters. The predicted molar refractivity (Wildman–Crippen MR) is 80.1 cm³/mol. The van der Waals surface area contributed by atoms with E-state index in [1.807, 2.05) is 30.3 Å². The molecule has 1 fully saturated rings. The molecule has 0 aliphatic carbocycles. The van der Waals surface area contributed by atoms with E-state index in [0.717, 1.165) is 24.5 Å². The van der Waals surface area contributed by atoms with Gasteiger partial charge in [-0.2, -0.15) is 0 Å². The van der Waals surface area contributed by atoms with Crippen molar-refractivity contribution in [3.63, 3.8) is 0 Å². The van der Waals surface area contributed by atoms with Crippen LogP contribution in [-0.2, 0) is 11.3 Å². The Kier molecular flexibility index (Phi) is 4.29. The quantitative estimate of drug-likeness (QED) is 0.802. The highest BCUT2D eigenvalue weighted by atomic mass is 19.1. The van der Waals surface area contributed by atoms with E-state index in [1.165, 1.54) is 12.1 Å². The minimum absolute atomic E-state index is 0.260. The van der Waals surface area contributed by atoms with Crippen LogP contribution in [-0.4, -0.2) is 17.7 Å². The molecule has 2 aromatic carbocycles. The minimum atomic E-state index is -0.600. The molecule has 22 heavy (non-hydrogen) atoms. The Morgan fingerprint density at radius 2 is 1.91 bits per heavy atom. The SMILES string of the molecule is O=CC1CCN(Cc2ccccc2)C1c1ccc(F)cc1F. The number of carbonyl (C=O) groups excluding carboxylic acids is 1. The van der Waals surface area contributed by atoms with Gasteiger partial charge in [-0.15, -0.1) is 0 Å². The van der Waals surface area contributed by atoms with Crippen molar-refractivity contribution in [3.8, 4) is 0 Å². The molecule has 0 spiro atoms. The van der Waals surface area contributed by atoms with E-state index in [1.54, 1.807) is 0 Å². The Hall–Kier alpha value is -2.07. The van der Waals surface area contributed by atoms with Gasteiger partial charge in [-0.05, 0) is 24.6 Å². The molecule has 0 amide bonds. The highest BCUT2D eigenvalue weighted by Gasteiger charge is 2.36. The summed E-state index contributed by atoms with van der Waals surface area (Å²) >= 11 is 0. The van der Waals surface area contributed by atoms with Gasteiger partial charge in [0.15, 0.2) is 0 Å². The lowest BCUT2D eigenvalue weighted by atomic mass is 9.94. The molecule has 2 unspecified atom stereocenters. The van der Waals surface area contributed by atoms with Crippen LogP contribution in [0.5, 0.6) is 0 Å². The second-order valence-corrected chi connectivity index (χ2v) is 5.66. The second kappa shape index (κ2) is 6.36. The summed E-state index contributed by atoms with van der Waals surface area (Å²) in [5.74, 6) is -1.45. The molecule has 0 N–H and O–H groups in total. The Morgan fingerprint density at radius 3 is 2.59 bits per heavy atom. The van der Waals surface area contributed by atoms with Crippen LogP contribution >= 0.6 is 0 Å². The first kappa shape index (κ1) is 14.9. The summed E-state index contributed by atoms with van der Waals surface area (Å²) in [6.45, 7) is 1.37. The number of rotatable bonds is 4. The summed E-state index contributed by atoms with van der Waals surface area (Å²) in [6.07, 6.45) is 1.58. The number of hydrogen-bond acceptors (Lipinski definition) is 2. The van der Waals surface area contributed by atoms with E-state index in [4.69, 9.17) is 0 Å². The van der Waals surface area contributed by atoms with Gasteiger partial charge in [0.2, 0.25) is 0 Å². The maximum Gasteiger partial charge on any atom is 0.130 e. The summed E-state index contributed by atoms with van der Waals surface area (Å²) in [5.41, 5.74) is 1.51. The summed E-state index contributed by atoms with van der Waals surface area (Å²) in [4.78, 5) is 13.4. The van der Waals surface area contributed by atoms with Crippen LogP contribution < -0.4 is 0 Å². The molecular formula is C18H17F2NO. The van der Waals surface area contributed by atoms with Gasteiger partial charge in [0.1, 0.15) is 17.9 Å². The van der Waals surface area contributed by atoms with Crippen molar-refractivity contribution in [2.24, 2.45) is 5.92 Å². The number of carbonyl (C=O) groups is 1. The van der Waals surface area contributed by atoms with Gasteiger partial charge in [0.05, 0.1) is 0 Å². The number of aldehydes is 1. The van der Waals surface area contributed by atoms with Crippen molar-refractivity contribution in [1.82, 2.24) is 4.90 Å². The summed E-state index contributed by atoms with van der Waals surface area (Å²) in [6, 6.07) is 13.1. The molecule has 1 aliphatic rings. The van der Waals surface area contributed by atoms with Crippen LogP contribution in [0.15, 0.2) is 48.5 Å². The van der Waals surface area contributed by atoms with E-state index in [9.17, 15) is 13.6 Å². The highest BCUT2D eigenvalue weighted by molar-refractivity contribution is 5.56. The lowest BCUT2D eigenvalue weighted by Gasteiger charge is -2.27. The standard InChI is InChI=1S/C18H17F2NO/c19-15-6-7-16(17(20)10-15)18-14(12-22)8-9-21(18)11-13-4-2-1-3-5-13/h1-7,10,12,14,18H,8-9,11H2. The van der Waals surface area contributed by atoms with Gasteiger partial charge in [-0.3, -0.25) is 4.90 Å². The largest absolute Gasteiger partial charge is 0.303 e. The topological polar surface area (TPSA) is 20.3 Å². The molecule has 3 rings (SSSR count). The molecule has 0 bridgehead atoms. The van der Waals surface area contributed by atoms with Crippen molar-refractivity contribution in [2.45, 2.75) is 19.0 Å². The molecule has 0 radical (unpaired) electrons. The number of benzene rings is 2. The second-order valence-electron chi connectivity index (χ2n) is 5.66. The van der Waals surface area contributed by atoms with Crippen molar-refractivity contribution < 1.29 is 13.6 Å². The molecule has 1 saturated heterocycles. The number of likely N-dealkylation sites (tertiary alicyclic amines) is 1. The number of halogens is 2. The Morgan fingerprint density at radius 1 is 1.14 bits per heavy atom. The number of nitrogens with zero attached hydrogens (tertiary/aromatic N) is 1. The monoisotopic (exact) mass is 301 g/mol. The highest BCUT2D eigenvalue weighted by Crippen LogP contribution is 2.38. The van der Waals surface area contributed by atoms with Crippen molar-refractivity contribution in [2.75, 3.05) is 6.54 Å². The third kappa shape index (κ3) is 2.92. The molecule has 2 aromatic rings. The average Bonchev–Trinajstić information content (AvgIpc) is 2.91. The van der Waals surface area contributed by atoms with Gasteiger partial charge in [0, 0.05) is 30.1 Å². The fraction of sp³-hybridized carbons (Fsp3) is 0.278. The van der Waals surface area contributed by atoms with E-state index in [-0.39, 0.29) is 12.0 Å². The zero-order valence-corrected chi connectivity index (χ0v) is 12.1. The molecular weight excluding hydrogens is 284 g/mol. The van der Waals surface area contributed by atoms with Crippen molar-refractivity contribution >= 4 is 6.29 Å². The van der Waals surface area contributed by atoms with E-state index >= 15 is 0 Å². The van der Waals surface area contributed by atoms with Crippen LogP contribution in [0.3, 0.4) is 0 Å². The molecule has 4 heteroatoms. The van der Waals surface area contributed by atoms with Crippen LogP contribution in [0.25, 0.3) is 0 Å². The Bertz CT molecular complexity index is 659. The zero-order valence-electron chi connectivity index (χ0n) is 12.1. The smallest absolute Gasteiger partial charge is 0.130 e. The summed E-state index contributed by atoms with van der Waals surface area (Å²) < 4.78 is 27.3. The third-order valence-corrected chi connectivity index (χ3v) is 4.23. The first-order chi connectivity index (χ1) is 10.7. The van der Waals surface area contributed by atoms with E-state index < -0.39 is 11.6 Å². The van der Waals surface area contributed by atoms with Crippen molar-refractivity contribution in [3.05, 3.63) is 71.3 Å². The fourth-order valence-corrected chi connectivity index (χ4v) is 3.19. The lowest BCUT2D eigenvalue weighted by Crippen LogP contribution is -2.26. The van der Waals surface area contributed by atoms with Gasteiger partial charge in [0.25, 0.3) is 0 Å². The molecule has 0 aromatic heterocycles. The summed E-state index contributed by atoms with van der Waals surface area (Å²) in [7, 11) is 0. The first-order valence-electron chi connectivity index (χ1n) is 7.37. The summed E-state index contributed by atoms with van der Waals surface area (Å²) in [5, 5.41) is 0.